The number of likely N-dealkylation sites (N-methyl/N-ethyl adjacent to an activating group) is 1. The highest BCUT2D eigenvalue weighted by atomic mass is 16.1. The number of aromatic nitrogens is 2. The van der Waals surface area contributed by atoms with Crippen molar-refractivity contribution in [1.82, 2.24) is 20.4 Å². The molecule has 0 radical (unpaired) electrons. The maximum Gasteiger partial charge on any atom is 0.221 e. The van der Waals surface area contributed by atoms with Gasteiger partial charge in [0, 0.05) is 37.9 Å². The fourth-order valence-corrected chi connectivity index (χ4v) is 1.11. The van der Waals surface area contributed by atoms with Crippen LogP contribution in [0.1, 0.15) is 13.3 Å². The number of rotatable bonds is 6. The molecule has 1 amide bonds. The average Bonchev–Trinajstić information content (AvgIpc) is 2.75. The first-order valence-electron chi connectivity index (χ1n) is 5.13. The predicted octanol–water partition coefficient (Wildman–Crippen LogP) is -0.00270. The Labute approximate surface area is 89.9 Å². The standard InChI is InChI=1S/C10H18N4O/c1-9(11-2)8-12-10(15)4-7-14-6-3-5-13-14/h3,5-6,9,11H,4,7-8H2,1-2H3,(H,12,15). The lowest BCUT2D eigenvalue weighted by Gasteiger charge is -2.11. The maximum atomic E-state index is 11.4. The van der Waals surface area contributed by atoms with Crippen molar-refractivity contribution in [2.45, 2.75) is 25.9 Å². The lowest BCUT2D eigenvalue weighted by atomic mass is 10.3. The Kier molecular flexibility index (Phi) is 4.83. The van der Waals surface area contributed by atoms with Crippen molar-refractivity contribution in [2.24, 2.45) is 0 Å². The zero-order valence-corrected chi connectivity index (χ0v) is 9.23. The molecule has 0 saturated heterocycles. The van der Waals surface area contributed by atoms with Crippen LogP contribution in [0.4, 0.5) is 0 Å². The lowest BCUT2D eigenvalue weighted by Crippen LogP contribution is -2.37. The molecule has 1 atom stereocenters. The van der Waals surface area contributed by atoms with Crippen LogP contribution in [-0.4, -0.2) is 35.3 Å². The minimum absolute atomic E-state index is 0.0626. The van der Waals surface area contributed by atoms with E-state index in [0.717, 1.165) is 0 Å². The van der Waals surface area contributed by atoms with Crippen LogP contribution >= 0.6 is 0 Å². The zero-order chi connectivity index (χ0) is 11.1. The van der Waals surface area contributed by atoms with Crippen molar-refractivity contribution < 1.29 is 4.79 Å². The van der Waals surface area contributed by atoms with Crippen molar-refractivity contribution in [3.63, 3.8) is 0 Å². The molecule has 0 aromatic carbocycles. The number of carbonyl (C=O) groups is 1. The second kappa shape index (κ2) is 6.19. The number of hydrogen-bond donors (Lipinski definition) is 2. The van der Waals surface area contributed by atoms with Crippen molar-refractivity contribution in [2.75, 3.05) is 13.6 Å². The van der Waals surface area contributed by atoms with Gasteiger partial charge in [0.1, 0.15) is 0 Å². The van der Waals surface area contributed by atoms with Gasteiger partial charge in [0.05, 0.1) is 0 Å². The SMILES string of the molecule is CNC(C)CNC(=O)CCn1cccn1. The van der Waals surface area contributed by atoms with Gasteiger partial charge in [-0.25, -0.2) is 0 Å². The summed E-state index contributed by atoms with van der Waals surface area (Å²) in [6.07, 6.45) is 4.03. The van der Waals surface area contributed by atoms with Crippen molar-refractivity contribution in [3.8, 4) is 0 Å². The van der Waals surface area contributed by atoms with E-state index >= 15 is 0 Å². The summed E-state index contributed by atoms with van der Waals surface area (Å²) in [6.45, 7) is 3.31. The molecule has 1 rings (SSSR count). The fraction of sp³-hybridized carbons (Fsp3) is 0.600. The topological polar surface area (TPSA) is 58.9 Å². The van der Waals surface area contributed by atoms with Gasteiger partial charge in [-0.3, -0.25) is 9.48 Å². The van der Waals surface area contributed by atoms with Crippen LogP contribution < -0.4 is 10.6 Å². The Morgan fingerprint density at radius 1 is 1.60 bits per heavy atom. The minimum Gasteiger partial charge on any atom is -0.354 e. The molecule has 1 heterocycles. The lowest BCUT2D eigenvalue weighted by molar-refractivity contribution is -0.121. The molecular formula is C10H18N4O. The summed E-state index contributed by atoms with van der Waals surface area (Å²) in [5.41, 5.74) is 0. The molecule has 1 aromatic heterocycles. The zero-order valence-electron chi connectivity index (χ0n) is 9.23. The molecular weight excluding hydrogens is 192 g/mol. The first kappa shape index (κ1) is 11.7. The number of nitrogens with one attached hydrogen (secondary N) is 2. The molecule has 0 bridgehead atoms. The third-order valence-electron chi connectivity index (χ3n) is 2.23. The molecule has 0 saturated carbocycles. The first-order chi connectivity index (χ1) is 7.22. The Morgan fingerprint density at radius 3 is 3.00 bits per heavy atom. The van der Waals surface area contributed by atoms with Crippen molar-refractivity contribution in [1.29, 1.82) is 0 Å². The van der Waals surface area contributed by atoms with E-state index in [1.807, 2.05) is 26.2 Å². The maximum absolute atomic E-state index is 11.4. The number of nitrogens with zero attached hydrogens (tertiary/aromatic N) is 2. The number of amides is 1. The van der Waals surface area contributed by atoms with E-state index in [4.69, 9.17) is 0 Å². The highest BCUT2D eigenvalue weighted by Crippen LogP contribution is 1.89. The van der Waals surface area contributed by atoms with Gasteiger partial charge in [0.25, 0.3) is 0 Å². The fourth-order valence-electron chi connectivity index (χ4n) is 1.11. The molecule has 1 unspecified atom stereocenters. The van der Waals surface area contributed by atoms with Crippen LogP contribution in [0.5, 0.6) is 0 Å². The van der Waals surface area contributed by atoms with Crippen LogP contribution in [0.2, 0.25) is 0 Å². The highest BCUT2D eigenvalue weighted by molar-refractivity contribution is 5.75. The van der Waals surface area contributed by atoms with Crippen LogP contribution in [-0.2, 0) is 11.3 Å². The van der Waals surface area contributed by atoms with Gasteiger partial charge >= 0.3 is 0 Å². The number of aryl methyl sites for hydroxylation is 1. The van der Waals surface area contributed by atoms with Gasteiger partial charge in [-0.15, -0.1) is 0 Å². The molecule has 1 aromatic rings. The Balaban J connectivity index is 2.14. The highest BCUT2D eigenvalue weighted by Gasteiger charge is 2.03. The molecule has 0 aliphatic heterocycles. The second-order valence-corrected chi connectivity index (χ2v) is 3.51. The van der Waals surface area contributed by atoms with E-state index in [2.05, 4.69) is 15.7 Å². The van der Waals surface area contributed by atoms with Gasteiger partial charge in [-0.05, 0) is 20.0 Å². The summed E-state index contributed by atoms with van der Waals surface area (Å²) in [5, 5.41) is 9.93. The predicted molar refractivity (Wildman–Crippen MR) is 58.4 cm³/mol. The van der Waals surface area contributed by atoms with E-state index in [1.54, 1.807) is 10.9 Å². The Hall–Kier alpha value is -1.36. The smallest absolute Gasteiger partial charge is 0.221 e. The van der Waals surface area contributed by atoms with Crippen molar-refractivity contribution >= 4 is 5.91 Å². The van der Waals surface area contributed by atoms with E-state index in [0.29, 0.717) is 25.6 Å². The molecule has 5 heteroatoms. The van der Waals surface area contributed by atoms with E-state index in [-0.39, 0.29) is 5.91 Å². The van der Waals surface area contributed by atoms with Crippen LogP contribution in [0.25, 0.3) is 0 Å². The molecule has 2 N–H and O–H groups in total. The molecule has 0 aliphatic carbocycles. The van der Waals surface area contributed by atoms with E-state index in [1.165, 1.54) is 0 Å². The van der Waals surface area contributed by atoms with E-state index in [9.17, 15) is 4.79 Å². The van der Waals surface area contributed by atoms with Gasteiger partial charge in [-0.2, -0.15) is 5.10 Å². The minimum atomic E-state index is 0.0626. The summed E-state index contributed by atoms with van der Waals surface area (Å²) in [4.78, 5) is 11.4. The van der Waals surface area contributed by atoms with Crippen LogP contribution in [0, 0.1) is 0 Å². The third-order valence-corrected chi connectivity index (χ3v) is 2.23. The molecule has 5 nitrogen and oxygen atoms in total. The summed E-state index contributed by atoms with van der Waals surface area (Å²) in [6, 6.07) is 2.15. The van der Waals surface area contributed by atoms with Gasteiger partial charge in [-0.1, -0.05) is 0 Å². The Bertz CT molecular complexity index is 284. The first-order valence-corrected chi connectivity index (χ1v) is 5.13. The quantitative estimate of drug-likeness (QED) is 0.694. The second-order valence-electron chi connectivity index (χ2n) is 3.51. The summed E-state index contributed by atoms with van der Waals surface area (Å²) < 4.78 is 1.75. The molecule has 0 aliphatic rings. The average molecular weight is 210 g/mol. The van der Waals surface area contributed by atoms with Gasteiger partial charge in [0.2, 0.25) is 5.91 Å². The molecule has 84 valence electrons. The number of carbonyl (C=O) groups excluding carboxylic acids is 1. The van der Waals surface area contributed by atoms with Gasteiger partial charge < -0.3 is 10.6 Å². The normalized spacial score (nSPS) is 12.4. The molecule has 0 spiro atoms. The van der Waals surface area contributed by atoms with Gasteiger partial charge in [0.15, 0.2) is 0 Å². The summed E-state index contributed by atoms with van der Waals surface area (Å²) in [5.74, 6) is 0.0626. The van der Waals surface area contributed by atoms with E-state index < -0.39 is 0 Å². The third kappa shape index (κ3) is 4.60. The largest absolute Gasteiger partial charge is 0.354 e. The number of hydrogen-bond acceptors (Lipinski definition) is 3. The summed E-state index contributed by atoms with van der Waals surface area (Å²) >= 11 is 0. The summed E-state index contributed by atoms with van der Waals surface area (Å²) in [7, 11) is 1.88. The monoisotopic (exact) mass is 210 g/mol. The van der Waals surface area contributed by atoms with Crippen molar-refractivity contribution in [3.05, 3.63) is 18.5 Å². The molecule has 0 fully saturated rings. The molecule has 15 heavy (non-hydrogen) atoms. The van der Waals surface area contributed by atoms with Crippen LogP contribution in [0.15, 0.2) is 18.5 Å². The van der Waals surface area contributed by atoms with Crippen LogP contribution in [0.3, 0.4) is 0 Å². The Morgan fingerprint density at radius 2 is 2.40 bits per heavy atom.